The summed E-state index contributed by atoms with van der Waals surface area (Å²) in [4.78, 5) is 17.8. The van der Waals surface area contributed by atoms with Gasteiger partial charge < -0.3 is 25.0 Å². The standard InChI is InChI=1S/C21H32F2N4O3/c1-3-24-21(25-13-8-4-5-11-19(28)29-2)26-16-12-14-27(15-16)17-9-6-7-10-18(17)30-20(22)23/h6-7,9-10,16,20H,3-5,8,11-15H2,1-2H3,(H2,24,25,26). The van der Waals surface area contributed by atoms with Gasteiger partial charge in [-0.2, -0.15) is 8.78 Å². The Balaban J connectivity index is 1.83. The zero-order valence-corrected chi connectivity index (χ0v) is 17.7. The topological polar surface area (TPSA) is 75.2 Å². The van der Waals surface area contributed by atoms with Crippen LogP contribution in [0.4, 0.5) is 14.5 Å². The molecule has 168 valence electrons. The van der Waals surface area contributed by atoms with Crippen LogP contribution in [0.1, 0.15) is 39.0 Å². The van der Waals surface area contributed by atoms with Crippen molar-refractivity contribution in [3.8, 4) is 5.75 Å². The molecule has 1 saturated heterocycles. The molecule has 1 unspecified atom stereocenters. The number of aliphatic imine (C=N–C) groups is 1. The summed E-state index contributed by atoms with van der Waals surface area (Å²) in [5, 5.41) is 6.67. The van der Waals surface area contributed by atoms with Gasteiger partial charge in [0.05, 0.1) is 12.8 Å². The minimum Gasteiger partial charge on any atom is -0.469 e. The van der Waals surface area contributed by atoms with Gasteiger partial charge in [-0.3, -0.25) is 9.79 Å². The van der Waals surface area contributed by atoms with Crippen LogP contribution in [0.5, 0.6) is 5.75 Å². The highest BCUT2D eigenvalue weighted by molar-refractivity contribution is 5.80. The number of ether oxygens (including phenoxy) is 2. The molecule has 1 aromatic carbocycles. The van der Waals surface area contributed by atoms with Crippen LogP contribution in [-0.4, -0.2) is 57.9 Å². The van der Waals surface area contributed by atoms with Crippen LogP contribution in [0.15, 0.2) is 29.3 Å². The van der Waals surface area contributed by atoms with E-state index in [4.69, 9.17) is 0 Å². The number of methoxy groups -OCH3 is 1. The molecular formula is C21H32F2N4O3. The predicted molar refractivity (Wildman–Crippen MR) is 113 cm³/mol. The summed E-state index contributed by atoms with van der Waals surface area (Å²) in [5.41, 5.74) is 0.676. The maximum Gasteiger partial charge on any atom is 0.387 e. The molecule has 9 heteroatoms. The monoisotopic (exact) mass is 426 g/mol. The van der Waals surface area contributed by atoms with Gasteiger partial charge in [0.25, 0.3) is 0 Å². The Morgan fingerprint density at radius 1 is 1.30 bits per heavy atom. The summed E-state index contributed by atoms with van der Waals surface area (Å²) >= 11 is 0. The molecule has 0 spiro atoms. The van der Waals surface area contributed by atoms with Gasteiger partial charge in [0, 0.05) is 38.6 Å². The maximum atomic E-state index is 12.7. The SMILES string of the molecule is CCNC(=NCCCCCC(=O)OC)NC1CCN(c2ccccc2OC(F)F)C1. The molecule has 0 radical (unpaired) electrons. The quantitative estimate of drug-likeness (QED) is 0.245. The fraction of sp³-hybridized carbons (Fsp3) is 0.619. The molecule has 0 aliphatic carbocycles. The van der Waals surface area contributed by atoms with Crippen LogP contribution in [0, 0.1) is 0 Å². The van der Waals surface area contributed by atoms with Gasteiger partial charge in [0.15, 0.2) is 5.96 Å². The zero-order valence-electron chi connectivity index (χ0n) is 17.7. The maximum absolute atomic E-state index is 12.7. The molecule has 2 N–H and O–H groups in total. The highest BCUT2D eigenvalue weighted by Gasteiger charge is 2.26. The number of benzene rings is 1. The molecule has 1 aliphatic heterocycles. The molecule has 0 aromatic heterocycles. The Hall–Kier alpha value is -2.58. The number of anilines is 1. The molecule has 1 fully saturated rings. The summed E-state index contributed by atoms with van der Waals surface area (Å²) in [5.74, 6) is 0.759. The van der Waals surface area contributed by atoms with Crippen LogP contribution < -0.4 is 20.3 Å². The highest BCUT2D eigenvalue weighted by Crippen LogP contribution is 2.31. The van der Waals surface area contributed by atoms with Crippen LogP contribution in [0.25, 0.3) is 0 Å². The third kappa shape index (κ3) is 8.04. The van der Waals surface area contributed by atoms with Crippen molar-refractivity contribution in [2.24, 2.45) is 4.99 Å². The summed E-state index contributed by atoms with van der Waals surface area (Å²) in [6, 6.07) is 7.03. The average molecular weight is 427 g/mol. The van der Waals surface area contributed by atoms with Gasteiger partial charge in [-0.05, 0) is 38.3 Å². The second-order valence-electron chi connectivity index (χ2n) is 7.07. The fourth-order valence-corrected chi connectivity index (χ4v) is 3.38. The molecule has 1 aromatic rings. The van der Waals surface area contributed by atoms with Crippen molar-refractivity contribution < 1.29 is 23.0 Å². The van der Waals surface area contributed by atoms with Crippen molar-refractivity contribution in [3.63, 3.8) is 0 Å². The zero-order chi connectivity index (χ0) is 21.8. The van der Waals surface area contributed by atoms with Crippen molar-refractivity contribution >= 4 is 17.6 Å². The molecular weight excluding hydrogens is 394 g/mol. The van der Waals surface area contributed by atoms with Crippen LogP contribution in [0.3, 0.4) is 0 Å². The Bertz CT molecular complexity index is 688. The second-order valence-corrected chi connectivity index (χ2v) is 7.07. The lowest BCUT2D eigenvalue weighted by atomic mass is 10.2. The number of esters is 1. The molecule has 0 saturated carbocycles. The lowest BCUT2D eigenvalue weighted by Crippen LogP contribution is -2.44. The van der Waals surface area contributed by atoms with Gasteiger partial charge in [-0.1, -0.05) is 18.6 Å². The van der Waals surface area contributed by atoms with E-state index >= 15 is 0 Å². The Kier molecular flexibility index (Phi) is 10.2. The van der Waals surface area contributed by atoms with E-state index in [1.54, 1.807) is 18.2 Å². The Labute approximate surface area is 176 Å². The molecule has 30 heavy (non-hydrogen) atoms. The van der Waals surface area contributed by atoms with Crippen molar-refractivity contribution in [2.45, 2.75) is 51.7 Å². The first-order valence-electron chi connectivity index (χ1n) is 10.4. The molecule has 2 rings (SSSR count). The van der Waals surface area contributed by atoms with E-state index in [0.29, 0.717) is 25.2 Å². The Morgan fingerprint density at radius 3 is 2.83 bits per heavy atom. The molecule has 1 heterocycles. The van der Waals surface area contributed by atoms with Crippen LogP contribution in [0.2, 0.25) is 0 Å². The summed E-state index contributed by atoms with van der Waals surface area (Å²) in [6.07, 6.45) is 3.91. The summed E-state index contributed by atoms with van der Waals surface area (Å²) in [7, 11) is 1.40. The first kappa shape index (κ1) is 23.7. The number of para-hydroxylation sites is 2. The number of carbonyl (C=O) groups excluding carboxylic acids is 1. The number of nitrogens with zero attached hydrogens (tertiary/aromatic N) is 2. The fourth-order valence-electron chi connectivity index (χ4n) is 3.38. The van der Waals surface area contributed by atoms with Crippen molar-refractivity contribution in [2.75, 3.05) is 38.2 Å². The number of unbranched alkanes of at least 4 members (excludes halogenated alkanes) is 2. The van der Waals surface area contributed by atoms with E-state index in [2.05, 4.69) is 25.1 Å². The molecule has 0 amide bonds. The molecule has 1 atom stereocenters. The summed E-state index contributed by atoms with van der Waals surface area (Å²) in [6.45, 7) is 1.99. The second kappa shape index (κ2) is 12.9. The third-order valence-corrected chi connectivity index (χ3v) is 4.83. The van der Waals surface area contributed by atoms with E-state index in [0.717, 1.165) is 44.7 Å². The van der Waals surface area contributed by atoms with Gasteiger partial charge in [-0.25, -0.2) is 0 Å². The van der Waals surface area contributed by atoms with Crippen molar-refractivity contribution in [1.29, 1.82) is 0 Å². The number of carbonyl (C=O) groups is 1. The first-order chi connectivity index (χ1) is 14.5. The number of halogens is 2. The van der Waals surface area contributed by atoms with Crippen LogP contribution >= 0.6 is 0 Å². The predicted octanol–water partition coefficient (Wildman–Crippen LogP) is 3.16. The van der Waals surface area contributed by atoms with E-state index in [1.165, 1.54) is 7.11 Å². The van der Waals surface area contributed by atoms with Gasteiger partial charge in [0.1, 0.15) is 5.75 Å². The average Bonchev–Trinajstić information content (AvgIpc) is 3.18. The van der Waals surface area contributed by atoms with E-state index < -0.39 is 6.61 Å². The molecule has 7 nitrogen and oxygen atoms in total. The third-order valence-electron chi connectivity index (χ3n) is 4.83. The van der Waals surface area contributed by atoms with Gasteiger partial charge >= 0.3 is 12.6 Å². The minimum atomic E-state index is -2.84. The first-order valence-corrected chi connectivity index (χ1v) is 10.4. The number of alkyl halides is 2. The molecule has 0 bridgehead atoms. The molecule has 1 aliphatic rings. The smallest absolute Gasteiger partial charge is 0.387 e. The van der Waals surface area contributed by atoms with Gasteiger partial charge in [-0.15, -0.1) is 0 Å². The number of rotatable bonds is 11. The van der Waals surface area contributed by atoms with Gasteiger partial charge in [0.2, 0.25) is 0 Å². The highest BCUT2D eigenvalue weighted by atomic mass is 19.3. The summed E-state index contributed by atoms with van der Waals surface area (Å²) < 4.78 is 34.6. The Morgan fingerprint density at radius 2 is 2.10 bits per heavy atom. The van der Waals surface area contributed by atoms with E-state index in [1.807, 2.05) is 17.9 Å². The number of hydrogen-bond donors (Lipinski definition) is 2. The van der Waals surface area contributed by atoms with Crippen molar-refractivity contribution in [3.05, 3.63) is 24.3 Å². The number of hydrogen-bond acceptors (Lipinski definition) is 5. The number of guanidine groups is 1. The minimum absolute atomic E-state index is 0.154. The lowest BCUT2D eigenvalue weighted by molar-refractivity contribution is -0.140. The van der Waals surface area contributed by atoms with E-state index in [9.17, 15) is 13.6 Å². The normalized spacial score (nSPS) is 16.6. The van der Waals surface area contributed by atoms with E-state index in [-0.39, 0.29) is 17.8 Å². The lowest BCUT2D eigenvalue weighted by Gasteiger charge is -2.22. The van der Waals surface area contributed by atoms with Crippen molar-refractivity contribution in [1.82, 2.24) is 10.6 Å². The van der Waals surface area contributed by atoms with Crippen LogP contribution in [-0.2, 0) is 9.53 Å². The number of nitrogens with one attached hydrogen (secondary N) is 2. The largest absolute Gasteiger partial charge is 0.469 e.